The summed E-state index contributed by atoms with van der Waals surface area (Å²) >= 11 is 0. The van der Waals surface area contributed by atoms with E-state index >= 15 is 0 Å². The van der Waals surface area contributed by atoms with E-state index in [2.05, 4.69) is 9.97 Å². The summed E-state index contributed by atoms with van der Waals surface area (Å²) in [6.07, 6.45) is 3.42. The zero-order valence-electron chi connectivity index (χ0n) is 9.04. The van der Waals surface area contributed by atoms with Gasteiger partial charge in [0.1, 0.15) is 0 Å². The van der Waals surface area contributed by atoms with Gasteiger partial charge in [-0.2, -0.15) is 0 Å². The smallest absolute Gasteiger partial charge is 0.219 e. The van der Waals surface area contributed by atoms with Crippen molar-refractivity contribution >= 4 is 10.8 Å². The monoisotopic (exact) mass is 222 g/mol. The quantitative estimate of drug-likeness (QED) is 0.688. The summed E-state index contributed by atoms with van der Waals surface area (Å²) in [5.41, 5.74) is 1.70. The molecule has 0 spiro atoms. The molecule has 0 fully saturated rings. The molecule has 0 radical (unpaired) electrons. The highest BCUT2D eigenvalue weighted by molar-refractivity contribution is 5.89. The minimum Gasteiger partial charge on any atom is -0.493 e. The van der Waals surface area contributed by atoms with Crippen molar-refractivity contribution in [1.29, 1.82) is 0 Å². The van der Waals surface area contributed by atoms with Gasteiger partial charge in [0.05, 0.1) is 5.69 Å². The van der Waals surface area contributed by atoms with Gasteiger partial charge in [0.25, 0.3) is 0 Å². The molecule has 2 heterocycles. The maximum absolute atomic E-state index is 9.89. The van der Waals surface area contributed by atoms with Gasteiger partial charge < -0.3 is 5.11 Å². The van der Waals surface area contributed by atoms with E-state index in [1.165, 1.54) is 0 Å². The number of hydrogen-bond donors (Lipinski definition) is 1. The standard InChI is InChI=1S/C14H10N2O/c17-14-12-4-2-1-3-11(12)9-13(16-14)10-5-7-15-8-6-10/h1-9H,(H,16,17). The second-order valence-corrected chi connectivity index (χ2v) is 3.79. The Kier molecular flexibility index (Phi) is 2.22. The number of benzene rings is 1. The third kappa shape index (κ3) is 1.72. The highest BCUT2D eigenvalue weighted by atomic mass is 16.3. The van der Waals surface area contributed by atoms with Gasteiger partial charge in [-0.05, 0) is 29.7 Å². The van der Waals surface area contributed by atoms with Gasteiger partial charge in [0, 0.05) is 23.3 Å². The number of fused-ring (bicyclic) bond motifs is 1. The van der Waals surface area contributed by atoms with Crippen molar-refractivity contribution in [2.24, 2.45) is 0 Å². The Morgan fingerprint density at radius 2 is 1.71 bits per heavy atom. The topological polar surface area (TPSA) is 46.0 Å². The Balaban J connectivity index is 2.26. The first-order valence-corrected chi connectivity index (χ1v) is 5.34. The highest BCUT2D eigenvalue weighted by Crippen LogP contribution is 2.27. The van der Waals surface area contributed by atoms with E-state index in [9.17, 15) is 5.11 Å². The van der Waals surface area contributed by atoms with Crippen LogP contribution in [0.2, 0.25) is 0 Å². The van der Waals surface area contributed by atoms with Gasteiger partial charge in [0.15, 0.2) is 0 Å². The zero-order chi connectivity index (χ0) is 11.7. The Bertz CT molecular complexity index is 665. The van der Waals surface area contributed by atoms with Gasteiger partial charge in [-0.25, -0.2) is 4.98 Å². The first-order valence-electron chi connectivity index (χ1n) is 5.34. The van der Waals surface area contributed by atoms with Crippen molar-refractivity contribution in [2.75, 3.05) is 0 Å². The van der Waals surface area contributed by atoms with E-state index in [0.717, 1.165) is 22.0 Å². The van der Waals surface area contributed by atoms with Gasteiger partial charge >= 0.3 is 0 Å². The molecule has 0 saturated carbocycles. The number of hydrogen-bond acceptors (Lipinski definition) is 3. The van der Waals surface area contributed by atoms with Crippen LogP contribution in [-0.2, 0) is 0 Å². The molecular formula is C14H10N2O. The van der Waals surface area contributed by atoms with Gasteiger partial charge in [0.2, 0.25) is 5.88 Å². The van der Waals surface area contributed by atoms with Crippen LogP contribution in [0.15, 0.2) is 54.9 Å². The summed E-state index contributed by atoms with van der Waals surface area (Å²) in [6, 6.07) is 13.3. The summed E-state index contributed by atoms with van der Waals surface area (Å²) in [4.78, 5) is 8.16. The molecule has 0 aliphatic carbocycles. The summed E-state index contributed by atoms with van der Waals surface area (Å²) in [5, 5.41) is 11.6. The van der Waals surface area contributed by atoms with Crippen molar-refractivity contribution < 1.29 is 5.11 Å². The van der Waals surface area contributed by atoms with Crippen LogP contribution in [0.25, 0.3) is 22.0 Å². The van der Waals surface area contributed by atoms with Crippen molar-refractivity contribution in [3.63, 3.8) is 0 Å². The highest BCUT2D eigenvalue weighted by Gasteiger charge is 2.05. The summed E-state index contributed by atoms with van der Waals surface area (Å²) in [7, 11) is 0. The van der Waals surface area contributed by atoms with E-state index < -0.39 is 0 Å². The Morgan fingerprint density at radius 3 is 2.53 bits per heavy atom. The summed E-state index contributed by atoms with van der Waals surface area (Å²) in [5.74, 6) is 0.0647. The van der Waals surface area contributed by atoms with Crippen LogP contribution in [0.5, 0.6) is 5.88 Å². The Hall–Kier alpha value is -2.42. The third-order valence-corrected chi connectivity index (χ3v) is 2.70. The van der Waals surface area contributed by atoms with Crippen LogP contribution in [0.1, 0.15) is 0 Å². The summed E-state index contributed by atoms with van der Waals surface area (Å²) in [6.45, 7) is 0. The second kappa shape index (κ2) is 3.87. The zero-order valence-corrected chi connectivity index (χ0v) is 9.04. The van der Waals surface area contributed by atoms with Crippen LogP contribution in [0.4, 0.5) is 0 Å². The fourth-order valence-corrected chi connectivity index (χ4v) is 1.85. The SMILES string of the molecule is Oc1nc(-c2ccncc2)cc2ccccc12. The molecule has 0 unspecified atom stereocenters. The maximum atomic E-state index is 9.89. The van der Waals surface area contributed by atoms with Crippen LogP contribution in [-0.4, -0.2) is 15.1 Å². The Morgan fingerprint density at radius 1 is 0.941 bits per heavy atom. The van der Waals surface area contributed by atoms with Gasteiger partial charge in [-0.1, -0.05) is 18.2 Å². The fourth-order valence-electron chi connectivity index (χ4n) is 1.85. The average Bonchev–Trinajstić information content (AvgIpc) is 2.40. The molecule has 3 heteroatoms. The van der Waals surface area contributed by atoms with E-state index in [4.69, 9.17) is 0 Å². The third-order valence-electron chi connectivity index (χ3n) is 2.70. The molecule has 3 rings (SSSR count). The normalized spacial score (nSPS) is 10.6. The molecule has 3 nitrogen and oxygen atoms in total. The minimum atomic E-state index is 0.0647. The van der Waals surface area contributed by atoms with Gasteiger partial charge in [-0.3, -0.25) is 4.98 Å². The lowest BCUT2D eigenvalue weighted by Gasteiger charge is -2.04. The molecular weight excluding hydrogens is 212 g/mol. The average molecular weight is 222 g/mol. The second-order valence-electron chi connectivity index (χ2n) is 3.79. The maximum Gasteiger partial charge on any atom is 0.219 e. The number of aromatic nitrogens is 2. The molecule has 1 aromatic carbocycles. The predicted octanol–water partition coefficient (Wildman–Crippen LogP) is 3.00. The molecule has 2 aromatic heterocycles. The van der Waals surface area contributed by atoms with E-state index in [-0.39, 0.29) is 5.88 Å². The number of rotatable bonds is 1. The molecule has 0 bridgehead atoms. The number of nitrogens with zero attached hydrogens (tertiary/aromatic N) is 2. The minimum absolute atomic E-state index is 0.0647. The lowest BCUT2D eigenvalue weighted by Crippen LogP contribution is -1.86. The molecule has 1 N–H and O–H groups in total. The number of aromatic hydroxyl groups is 1. The van der Waals surface area contributed by atoms with E-state index in [1.807, 2.05) is 42.5 Å². The van der Waals surface area contributed by atoms with Crippen molar-refractivity contribution in [3.05, 3.63) is 54.9 Å². The lowest BCUT2D eigenvalue weighted by atomic mass is 10.1. The van der Waals surface area contributed by atoms with Crippen LogP contribution in [0, 0.1) is 0 Å². The van der Waals surface area contributed by atoms with E-state index in [0.29, 0.717) is 0 Å². The molecule has 82 valence electrons. The fraction of sp³-hybridized carbons (Fsp3) is 0. The van der Waals surface area contributed by atoms with Crippen LogP contribution in [0.3, 0.4) is 0 Å². The van der Waals surface area contributed by atoms with E-state index in [1.54, 1.807) is 12.4 Å². The van der Waals surface area contributed by atoms with Crippen molar-refractivity contribution in [2.45, 2.75) is 0 Å². The predicted molar refractivity (Wildman–Crippen MR) is 66.6 cm³/mol. The lowest BCUT2D eigenvalue weighted by molar-refractivity contribution is 0.461. The first-order chi connectivity index (χ1) is 8.34. The summed E-state index contributed by atoms with van der Waals surface area (Å²) < 4.78 is 0. The molecule has 0 atom stereocenters. The molecule has 0 aliphatic heterocycles. The van der Waals surface area contributed by atoms with Crippen molar-refractivity contribution in [1.82, 2.24) is 9.97 Å². The van der Waals surface area contributed by atoms with Crippen molar-refractivity contribution in [3.8, 4) is 17.1 Å². The van der Waals surface area contributed by atoms with Crippen LogP contribution < -0.4 is 0 Å². The van der Waals surface area contributed by atoms with Crippen LogP contribution >= 0.6 is 0 Å². The molecule has 0 saturated heterocycles. The molecule has 17 heavy (non-hydrogen) atoms. The Labute approximate surface area is 98.4 Å². The molecule has 0 amide bonds. The largest absolute Gasteiger partial charge is 0.493 e. The van der Waals surface area contributed by atoms with Gasteiger partial charge in [-0.15, -0.1) is 0 Å². The molecule has 3 aromatic rings. The number of pyridine rings is 2. The molecule has 0 aliphatic rings. The first kappa shape index (κ1) is 9.78.